The van der Waals surface area contributed by atoms with Crippen LogP contribution in [0, 0.1) is 5.82 Å². The molecule has 3 rings (SSSR count). The van der Waals surface area contributed by atoms with E-state index < -0.39 is 0 Å². The van der Waals surface area contributed by atoms with Gasteiger partial charge in [0.05, 0.1) is 17.9 Å². The quantitative estimate of drug-likeness (QED) is 0.869. The van der Waals surface area contributed by atoms with Crippen molar-refractivity contribution in [3.63, 3.8) is 0 Å². The van der Waals surface area contributed by atoms with Crippen molar-refractivity contribution in [2.24, 2.45) is 0 Å². The lowest BCUT2D eigenvalue weighted by Gasteiger charge is -2.30. The monoisotopic (exact) mass is 320 g/mol. The first kappa shape index (κ1) is 12.2. The van der Waals surface area contributed by atoms with E-state index >= 15 is 0 Å². The molecule has 0 unspecified atom stereocenters. The second-order valence-electron chi connectivity index (χ2n) is 4.22. The van der Waals surface area contributed by atoms with Crippen molar-refractivity contribution >= 4 is 38.9 Å². The minimum absolute atomic E-state index is 0.0720. The van der Waals surface area contributed by atoms with E-state index in [0.717, 1.165) is 15.8 Å². The fourth-order valence-electron chi connectivity index (χ4n) is 2.10. The molecule has 0 fully saturated rings. The Morgan fingerprint density at radius 3 is 2.63 bits per heavy atom. The van der Waals surface area contributed by atoms with Gasteiger partial charge in [0.25, 0.3) is 5.91 Å². The zero-order valence-corrected chi connectivity index (χ0v) is 11.4. The standard InChI is InChI=1S/C14H10BrFN2O/c15-9-1-6-12-13(7-9)18(14(19)8-17-12)11-4-2-10(16)3-5-11/h1-7,17H,8H2. The van der Waals surface area contributed by atoms with E-state index in [-0.39, 0.29) is 18.3 Å². The first-order valence-electron chi connectivity index (χ1n) is 5.77. The zero-order chi connectivity index (χ0) is 13.4. The highest BCUT2D eigenvalue weighted by molar-refractivity contribution is 9.10. The molecule has 0 aliphatic carbocycles. The molecule has 1 aliphatic heterocycles. The van der Waals surface area contributed by atoms with E-state index in [2.05, 4.69) is 21.2 Å². The predicted molar refractivity (Wildman–Crippen MR) is 76.2 cm³/mol. The number of fused-ring (bicyclic) bond motifs is 1. The Kier molecular flexibility index (Phi) is 2.98. The average molecular weight is 321 g/mol. The summed E-state index contributed by atoms with van der Waals surface area (Å²) in [5.74, 6) is -0.391. The fraction of sp³-hybridized carbons (Fsp3) is 0.0714. The van der Waals surface area contributed by atoms with E-state index in [1.807, 2.05) is 18.2 Å². The third kappa shape index (κ3) is 2.21. The molecule has 1 amide bonds. The summed E-state index contributed by atoms with van der Waals surface area (Å²) < 4.78 is 13.9. The summed E-state index contributed by atoms with van der Waals surface area (Å²) in [5.41, 5.74) is 2.30. The van der Waals surface area contributed by atoms with Crippen LogP contribution in [0.4, 0.5) is 21.5 Å². The summed E-state index contributed by atoms with van der Waals surface area (Å²) in [6.07, 6.45) is 0. The number of anilines is 3. The molecule has 2 aromatic carbocycles. The largest absolute Gasteiger partial charge is 0.374 e. The van der Waals surface area contributed by atoms with Crippen molar-refractivity contribution < 1.29 is 9.18 Å². The van der Waals surface area contributed by atoms with Crippen LogP contribution in [0.3, 0.4) is 0 Å². The summed E-state index contributed by atoms with van der Waals surface area (Å²) in [6, 6.07) is 11.6. The summed E-state index contributed by atoms with van der Waals surface area (Å²) in [7, 11) is 0. The van der Waals surface area contributed by atoms with Crippen molar-refractivity contribution in [2.75, 3.05) is 16.8 Å². The second kappa shape index (κ2) is 4.66. The highest BCUT2D eigenvalue weighted by Gasteiger charge is 2.25. The molecule has 0 atom stereocenters. The highest BCUT2D eigenvalue weighted by atomic mass is 79.9. The van der Waals surface area contributed by atoms with Crippen molar-refractivity contribution in [3.8, 4) is 0 Å². The Morgan fingerprint density at radius 1 is 1.16 bits per heavy atom. The lowest BCUT2D eigenvalue weighted by molar-refractivity contribution is -0.116. The van der Waals surface area contributed by atoms with Gasteiger partial charge in [0.15, 0.2) is 0 Å². The van der Waals surface area contributed by atoms with E-state index in [4.69, 9.17) is 0 Å². The van der Waals surface area contributed by atoms with Gasteiger partial charge in [-0.15, -0.1) is 0 Å². The van der Waals surface area contributed by atoms with Crippen molar-refractivity contribution in [1.82, 2.24) is 0 Å². The summed E-state index contributed by atoms with van der Waals surface area (Å²) >= 11 is 3.40. The number of nitrogens with zero attached hydrogens (tertiary/aromatic N) is 1. The molecule has 0 radical (unpaired) electrons. The van der Waals surface area contributed by atoms with Crippen LogP contribution in [0.15, 0.2) is 46.9 Å². The number of benzene rings is 2. The molecule has 0 saturated heterocycles. The maximum atomic E-state index is 13.0. The van der Waals surface area contributed by atoms with Gasteiger partial charge in [-0.2, -0.15) is 0 Å². The number of hydrogen-bond donors (Lipinski definition) is 1. The summed E-state index contributed by atoms with van der Waals surface area (Å²) in [6.45, 7) is 0.228. The van der Waals surface area contributed by atoms with Gasteiger partial charge in [-0.1, -0.05) is 15.9 Å². The minimum atomic E-state index is -0.319. The normalized spacial score (nSPS) is 14.0. The molecule has 5 heteroatoms. The van der Waals surface area contributed by atoms with Crippen LogP contribution in [0.2, 0.25) is 0 Å². The van der Waals surface area contributed by atoms with Crippen LogP contribution >= 0.6 is 15.9 Å². The molecule has 0 bridgehead atoms. The number of rotatable bonds is 1. The van der Waals surface area contributed by atoms with Crippen LogP contribution in [0.1, 0.15) is 0 Å². The zero-order valence-electron chi connectivity index (χ0n) is 9.86. The van der Waals surface area contributed by atoms with Crippen LogP contribution in [-0.4, -0.2) is 12.5 Å². The summed E-state index contributed by atoms with van der Waals surface area (Å²) in [4.78, 5) is 13.7. The highest BCUT2D eigenvalue weighted by Crippen LogP contribution is 2.37. The van der Waals surface area contributed by atoms with E-state index in [9.17, 15) is 9.18 Å². The van der Waals surface area contributed by atoms with Gasteiger partial charge in [-0.3, -0.25) is 9.69 Å². The van der Waals surface area contributed by atoms with Gasteiger partial charge in [-0.05, 0) is 42.5 Å². The molecule has 19 heavy (non-hydrogen) atoms. The molecule has 0 spiro atoms. The number of halogens is 2. The molecule has 1 aliphatic rings. The molecular formula is C14H10BrFN2O. The van der Waals surface area contributed by atoms with Crippen molar-refractivity contribution in [2.45, 2.75) is 0 Å². The molecular weight excluding hydrogens is 311 g/mol. The molecule has 1 N–H and O–H groups in total. The SMILES string of the molecule is O=C1CNc2ccc(Br)cc2N1c1ccc(F)cc1. The minimum Gasteiger partial charge on any atom is -0.374 e. The van der Waals surface area contributed by atoms with Gasteiger partial charge in [0, 0.05) is 10.2 Å². The van der Waals surface area contributed by atoms with Crippen LogP contribution in [0.5, 0.6) is 0 Å². The van der Waals surface area contributed by atoms with Gasteiger partial charge in [-0.25, -0.2) is 4.39 Å². The Balaban J connectivity index is 2.12. The molecule has 3 nitrogen and oxygen atoms in total. The third-order valence-electron chi connectivity index (χ3n) is 2.96. The van der Waals surface area contributed by atoms with E-state index in [0.29, 0.717) is 5.69 Å². The molecule has 96 valence electrons. The predicted octanol–water partition coefficient (Wildman–Crippen LogP) is 3.68. The topological polar surface area (TPSA) is 32.3 Å². The first-order chi connectivity index (χ1) is 9.15. The molecule has 0 saturated carbocycles. The van der Waals surface area contributed by atoms with E-state index in [1.165, 1.54) is 12.1 Å². The van der Waals surface area contributed by atoms with Crippen molar-refractivity contribution in [1.29, 1.82) is 0 Å². The molecule has 0 aromatic heterocycles. The summed E-state index contributed by atoms with van der Waals surface area (Å²) in [5, 5.41) is 3.06. The number of amides is 1. The Bertz CT molecular complexity index is 642. The maximum Gasteiger partial charge on any atom is 0.250 e. The first-order valence-corrected chi connectivity index (χ1v) is 6.56. The average Bonchev–Trinajstić information content (AvgIpc) is 2.40. The number of nitrogens with one attached hydrogen (secondary N) is 1. The number of carbonyl (C=O) groups is 1. The second-order valence-corrected chi connectivity index (χ2v) is 5.14. The van der Waals surface area contributed by atoms with Crippen LogP contribution in [0.25, 0.3) is 0 Å². The van der Waals surface area contributed by atoms with Gasteiger partial charge >= 0.3 is 0 Å². The van der Waals surface area contributed by atoms with Crippen LogP contribution in [-0.2, 0) is 4.79 Å². The Labute approximate surface area is 118 Å². The van der Waals surface area contributed by atoms with Crippen molar-refractivity contribution in [3.05, 3.63) is 52.8 Å². The smallest absolute Gasteiger partial charge is 0.250 e. The molecule has 1 heterocycles. The van der Waals surface area contributed by atoms with Gasteiger partial charge < -0.3 is 5.32 Å². The number of carbonyl (C=O) groups excluding carboxylic acids is 1. The van der Waals surface area contributed by atoms with Gasteiger partial charge in [0.1, 0.15) is 5.82 Å². The Hall–Kier alpha value is -1.88. The lowest BCUT2D eigenvalue weighted by Crippen LogP contribution is -2.36. The third-order valence-corrected chi connectivity index (χ3v) is 3.46. The molecule has 2 aromatic rings. The van der Waals surface area contributed by atoms with E-state index in [1.54, 1.807) is 17.0 Å². The lowest BCUT2D eigenvalue weighted by atomic mass is 10.1. The Morgan fingerprint density at radius 2 is 1.89 bits per heavy atom. The number of hydrogen-bond acceptors (Lipinski definition) is 2. The van der Waals surface area contributed by atoms with Crippen LogP contribution < -0.4 is 10.2 Å². The van der Waals surface area contributed by atoms with Gasteiger partial charge in [0.2, 0.25) is 0 Å². The fourth-order valence-corrected chi connectivity index (χ4v) is 2.45. The maximum absolute atomic E-state index is 13.0.